The molecule has 0 atom stereocenters. The Labute approximate surface area is 84.2 Å². The summed E-state index contributed by atoms with van der Waals surface area (Å²) < 4.78 is 0. The van der Waals surface area contributed by atoms with Gasteiger partial charge in [-0.15, -0.1) is 0 Å². The van der Waals surface area contributed by atoms with Crippen molar-refractivity contribution in [1.29, 1.82) is 0 Å². The number of nitrogens with zero attached hydrogens (tertiary/aromatic N) is 1. The summed E-state index contributed by atoms with van der Waals surface area (Å²) in [5, 5.41) is 12.6. The van der Waals surface area contributed by atoms with Crippen molar-refractivity contribution in [3.05, 3.63) is 18.5 Å². The van der Waals surface area contributed by atoms with Crippen LogP contribution in [0.3, 0.4) is 0 Å². The number of aromatic nitrogens is 1. The summed E-state index contributed by atoms with van der Waals surface area (Å²) in [4.78, 5) is 3.96. The largest absolute Gasteiger partial charge is 0.397 e. The minimum atomic E-state index is -0.649. The molecule has 78 valence electrons. The molecule has 0 aliphatic carbocycles. The van der Waals surface area contributed by atoms with Gasteiger partial charge in [-0.3, -0.25) is 4.98 Å². The highest BCUT2D eigenvalue weighted by Gasteiger charge is 2.11. The SMILES string of the molecule is CC(C)(O)CCNc1cnccc1N. The summed E-state index contributed by atoms with van der Waals surface area (Å²) in [5.74, 6) is 0. The Morgan fingerprint density at radius 1 is 1.57 bits per heavy atom. The number of aliphatic hydroxyl groups is 1. The van der Waals surface area contributed by atoms with Gasteiger partial charge in [-0.05, 0) is 26.3 Å². The van der Waals surface area contributed by atoms with E-state index < -0.39 is 5.60 Å². The summed E-state index contributed by atoms with van der Waals surface area (Å²) in [5.41, 5.74) is 6.55. The first-order valence-corrected chi connectivity index (χ1v) is 4.65. The standard InChI is InChI=1S/C10H17N3O/c1-10(2,14)4-6-13-9-7-12-5-3-8(9)11/h3,5,7,13-14H,4,6H2,1-2H3,(H2,11,12). The van der Waals surface area contributed by atoms with Crippen molar-refractivity contribution in [3.8, 4) is 0 Å². The normalized spacial score (nSPS) is 11.4. The van der Waals surface area contributed by atoms with Crippen LogP contribution < -0.4 is 11.1 Å². The van der Waals surface area contributed by atoms with Gasteiger partial charge < -0.3 is 16.2 Å². The fourth-order valence-electron chi connectivity index (χ4n) is 1.06. The van der Waals surface area contributed by atoms with Crippen molar-refractivity contribution in [3.63, 3.8) is 0 Å². The minimum absolute atomic E-state index is 0.649. The maximum atomic E-state index is 9.48. The summed E-state index contributed by atoms with van der Waals surface area (Å²) in [7, 11) is 0. The third kappa shape index (κ3) is 3.62. The topological polar surface area (TPSA) is 71.2 Å². The Bertz CT molecular complexity index is 294. The Hall–Kier alpha value is -1.29. The van der Waals surface area contributed by atoms with Crippen LogP contribution >= 0.6 is 0 Å². The molecule has 0 saturated heterocycles. The Balaban J connectivity index is 2.43. The van der Waals surface area contributed by atoms with Gasteiger partial charge in [0.25, 0.3) is 0 Å². The number of anilines is 2. The minimum Gasteiger partial charge on any atom is -0.397 e. The molecule has 0 bridgehead atoms. The lowest BCUT2D eigenvalue weighted by molar-refractivity contribution is 0.0749. The van der Waals surface area contributed by atoms with E-state index in [9.17, 15) is 5.11 Å². The van der Waals surface area contributed by atoms with Crippen molar-refractivity contribution in [2.24, 2.45) is 0 Å². The van der Waals surface area contributed by atoms with Crippen molar-refractivity contribution in [1.82, 2.24) is 4.98 Å². The lowest BCUT2D eigenvalue weighted by atomic mass is 10.1. The number of rotatable bonds is 4. The second kappa shape index (κ2) is 4.28. The third-order valence-electron chi connectivity index (χ3n) is 1.91. The zero-order valence-corrected chi connectivity index (χ0v) is 8.62. The fraction of sp³-hybridized carbons (Fsp3) is 0.500. The number of nitrogens with one attached hydrogen (secondary N) is 1. The van der Waals surface area contributed by atoms with Crippen LogP contribution in [-0.4, -0.2) is 22.2 Å². The first kappa shape index (κ1) is 10.8. The van der Waals surface area contributed by atoms with Gasteiger partial charge in [0.15, 0.2) is 0 Å². The number of hydrogen-bond donors (Lipinski definition) is 3. The summed E-state index contributed by atoms with van der Waals surface area (Å²) >= 11 is 0. The van der Waals surface area contributed by atoms with E-state index in [2.05, 4.69) is 10.3 Å². The lowest BCUT2D eigenvalue weighted by Crippen LogP contribution is -2.22. The molecule has 4 heteroatoms. The van der Waals surface area contributed by atoms with Gasteiger partial charge in [-0.2, -0.15) is 0 Å². The van der Waals surface area contributed by atoms with E-state index in [1.54, 1.807) is 32.3 Å². The second-order valence-electron chi connectivity index (χ2n) is 3.95. The van der Waals surface area contributed by atoms with Crippen LogP contribution in [0.5, 0.6) is 0 Å². The maximum absolute atomic E-state index is 9.48. The molecule has 0 radical (unpaired) electrons. The number of pyridine rings is 1. The Kier molecular flexibility index (Phi) is 3.30. The van der Waals surface area contributed by atoms with Gasteiger partial charge >= 0.3 is 0 Å². The van der Waals surface area contributed by atoms with Crippen LogP contribution in [-0.2, 0) is 0 Å². The molecule has 4 N–H and O–H groups in total. The van der Waals surface area contributed by atoms with E-state index in [4.69, 9.17) is 5.73 Å². The van der Waals surface area contributed by atoms with E-state index >= 15 is 0 Å². The predicted octanol–water partition coefficient (Wildman–Crippen LogP) is 1.24. The van der Waals surface area contributed by atoms with E-state index in [0.717, 1.165) is 5.69 Å². The predicted molar refractivity (Wildman–Crippen MR) is 58.1 cm³/mol. The molecule has 0 aliphatic rings. The highest BCUT2D eigenvalue weighted by atomic mass is 16.3. The quantitative estimate of drug-likeness (QED) is 0.676. The molecule has 1 rings (SSSR count). The average molecular weight is 195 g/mol. The monoisotopic (exact) mass is 195 g/mol. The molecule has 0 saturated carbocycles. The van der Waals surface area contributed by atoms with Crippen LogP contribution in [0.15, 0.2) is 18.5 Å². The molecule has 1 aromatic heterocycles. The second-order valence-corrected chi connectivity index (χ2v) is 3.95. The van der Waals surface area contributed by atoms with Gasteiger partial charge in [0, 0.05) is 12.7 Å². The van der Waals surface area contributed by atoms with Gasteiger partial charge in [0.1, 0.15) is 0 Å². The van der Waals surface area contributed by atoms with Crippen molar-refractivity contribution < 1.29 is 5.11 Å². The Morgan fingerprint density at radius 2 is 2.29 bits per heavy atom. The van der Waals surface area contributed by atoms with Crippen LogP contribution in [0.2, 0.25) is 0 Å². The average Bonchev–Trinajstić information content (AvgIpc) is 2.06. The van der Waals surface area contributed by atoms with Crippen molar-refractivity contribution in [2.45, 2.75) is 25.9 Å². The van der Waals surface area contributed by atoms with Gasteiger partial charge in [0.2, 0.25) is 0 Å². The van der Waals surface area contributed by atoms with Gasteiger partial charge in [-0.1, -0.05) is 0 Å². The highest BCUT2D eigenvalue weighted by molar-refractivity contribution is 5.63. The molecule has 14 heavy (non-hydrogen) atoms. The van der Waals surface area contributed by atoms with E-state index in [0.29, 0.717) is 18.7 Å². The Morgan fingerprint density at radius 3 is 2.86 bits per heavy atom. The first-order chi connectivity index (χ1) is 6.49. The molecular formula is C10H17N3O. The molecule has 0 fully saturated rings. The van der Waals surface area contributed by atoms with Crippen molar-refractivity contribution >= 4 is 11.4 Å². The number of hydrogen-bond acceptors (Lipinski definition) is 4. The molecule has 4 nitrogen and oxygen atoms in total. The fourth-order valence-corrected chi connectivity index (χ4v) is 1.06. The van der Waals surface area contributed by atoms with E-state index in [1.165, 1.54) is 0 Å². The molecule has 0 amide bonds. The van der Waals surface area contributed by atoms with Gasteiger partial charge in [-0.25, -0.2) is 0 Å². The number of nitrogen functional groups attached to an aromatic ring is 1. The lowest BCUT2D eigenvalue weighted by Gasteiger charge is -2.17. The van der Waals surface area contributed by atoms with Crippen LogP contribution in [0.1, 0.15) is 20.3 Å². The zero-order chi connectivity index (χ0) is 10.6. The van der Waals surface area contributed by atoms with E-state index in [-0.39, 0.29) is 0 Å². The number of nitrogens with two attached hydrogens (primary N) is 1. The van der Waals surface area contributed by atoms with Gasteiger partial charge in [0.05, 0.1) is 23.2 Å². The highest BCUT2D eigenvalue weighted by Crippen LogP contribution is 2.16. The molecule has 0 spiro atoms. The molecule has 1 heterocycles. The van der Waals surface area contributed by atoms with Crippen molar-refractivity contribution in [2.75, 3.05) is 17.6 Å². The molecule has 0 aromatic carbocycles. The zero-order valence-electron chi connectivity index (χ0n) is 8.62. The summed E-state index contributed by atoms with van der Waals surface area (Å²) in [6, 6.07) is 1.74. The maximum Gasteiger partial charge on any atom is 0.0760 e. The molecule has 1 aromatic rings. The molecular weight excluding hydrogens is 178 g/mol. The summed E-state index contributed by atoms with van der Waals surface area (Å²) in [6.45, 7) is 4.24. The smallest absolute Gasteiger partial charge is 0.0760 e. The van der Waals surface area contributed by atoms with E-state index in [1.807, 2.05) is 0 Å². The van der Waals surface area contributed by atoms with Crippen LogP contribution in [0.4, 0.5) is 11.4 Å². The first-order valence-electron chi connectivity index (χ1n) is 4.65. The molecule has 0 aliphatic heterocycles. The van der Waals surface area contributed by atoms with Crippen LogP contribution in [0.25, 0.3) is 0 Å². The third-order valence-corrected chi connectivity index (χ3v) is 1.91. The van der Waals surface area contributed by atoms with Crippen LogP contribution in [0, 0.1) is 0 Å². The summed E-state index contributed by atoms with van der Waals surface area (Å²) in [6.07, 6.45) is 4.00. The molecule has 0 unspecified atom stereocenters.